The molecule has 0 aliphatic carbocycles. The molecule has 0 heterocycles. The molecular formula is C34H31F3N2O6. The number of carboxylic acids is 1. The van der Waals surface area contributed by atoms with Crippen LogP contribution in [0.2, 0.25) is 0 Å². The van der Waals surface area contributed by atoms with E-state index >= 15 is 0 Å². The van der Waals surface area contributed by atoms with Crippen molar-refractivity contribution in [1.29, 1.82) is 0 Å². The van der Waals surface area contributed by atoms with Crippen LogP contribution >= 0.6 is 0 Å². The van der Waals surface area contributed by atoms with Gasteiger partial charge in [0.15, 0.2) is 6.10 Å². The molecule has 0 saturated heterocycles. The first-order valence-electron chi connectivity index (χ1n) is 14.0. The Balaban J connectivity index is 1.57. The maximum absolute atomic E-state index is 13.8. The van der Waals surface area contributed by atoms with Crippen molar-refractivity contribution < 1.29 is 42.5 Å². The third kappa shape index (κ3) is 9.94. The average molecular weight is 621 g/mol. The number of amides is 2. The first kappa shape index (κ1) is 32.7. The van der Waals surface area contributed by atoms with E-state index in [1.54, 1.807) is 17.0 Å². The van der Waals surface area contributed by atoms with Gasteiger partial charge in [-0.15, -0.1) is 13.2 Å². The van der Waals surface area contributed by atoms with Crippen LogP contribution in [0.5, 0.6) is 5.75 Å². The van der Waals surface area contributed by atoms with Crippen molar-refractivity contribution in [3.63, 3.8) is 0 Å². The molecule has 0 spiro atoms. The number of carbonyl (C=O) groups is 3. The number of hydrogen-bond donors (Lipinski definition) is 3. The maximum atomic E-state index is 13.8. The molecule has 2 amide bonds. The minimum absolute atomic E-state index is 0.0744. The van der Waals surface area contributed by atoms with Gasteiger partial charge in [0.25, 0.3) is 5.91 Å². The number of rotatable bonds is 13. The van der Waals surface area contributed by atoms with Crippen LogP contribution in [0.25, 0.3) is 0 Å². The van der Waals surface area contributed by atoms with Crippen LogP contribution in [0.4, 0.5) is 13.2 Å². The van der Waals surface area contributed by atoms with Gasteiger partial charge < -0.3 is 25.2 Å². The summed E-state index contributed by atoms with van der Waals surface area (Å²) in [6.45, 7) is 0.00318. The number of hydrogen-bond acceptors (Lipinski definition) is 5. The summed E-state index contributed by atoms with van der Waals surface area (Å²) in [6.07, 6.45) is -6.63. The van der Waals surface area contributed by atoms with E-state index in [1.165, 1.54) is 24.3 Å². The Kier molecular flexibility index (Phi) is 10.9. The largest absolute Gasteiger partial charge is 0.573 e. The Hall–Kier alpha value is -5.16. The van der Waals surface area contributed by atoms with Crippen molar-refractivity contribution in [2.24, 2.45) is 0 Å². The Labute approximate surface area is 257 Å². The number of nitrogens with one attached hydrogen (secondary N) is 1. The van der Waals surface area contributed by atoms with Crippen LogP contribution in [-0.4, -0.2) is 58.5 Å². The Morgan fingerprint density at radius 1 is 0.778 bits per heavy atom. The van der Waals surface area contributed by atoms with Crippen molar-refractivity contribution in [2.45, 2.75) is 31.3 Å². The van der Waals surface area contributed by atoms with Crippen molar-refractivity contribution in [3.8, 4) is 5.75 Å². The normalized spacial score (nSPS) is 11.9. The lowest BCUT2D eigenvalue weighted by atomic mass is 9.90. The lowest BCUT2D eigenvalue weighted by molar-refractivity contribution is -0.274. The van der Waals surface area contributed by atoms with E-state index in [0.29, 0.717) is 11.1 Å². The second kappa shape index (κ2) is 15.0. The summed E-state index contributed by atoms with van der Waals surface area (Å²) < 4.78 is 41.7. The van der Waals surface area contributed by atoms with E-state index in [0.717, 1.165) is 23.3 Å². The number of carbonyl (C=O) groups excluding carboxylic acids is 2. The Bertz CT molecular complexity index is 1520. The van der Waals surface area contributed by atoms with Crippen molar-refractivity contribution in [2.75, 3.05) is 13.1 Å². The molecule has 1 atom stereocenters. The Morgan fingerprint density at radius 3 is 1.82 bits per heavy atom. The summed E-state index contributed by atoms with van der Waals surface area (Å²) in [7, 11) is 0. The van der Waals surface area contributed by atoms with Crippen LogP contribution in [0, 0.1) is 0 Å². The molecule has 0 radical (unpaired) electrons. The third-order valence-corrected chi connectivity index (χ3v) is 7.00. The van der Waals surface area contributed by atoms with Crippen LogP contribution in [0.3, 0.4) is 0 Å². The number of aliphatic hydroxyl groups is 1. The molecule has 4 aromatic carbocycles. The molecule has 4 rings (SSSR count). The number of aliphatic hydroxyl groups excluding tert-OH is 1. The van der Waals surface area contributed by atoms with Gasteiger partial charge in [0.1, 0.15) is 5.75 Å². The number of carboxylic acid groups (broad SMARTS) is 1. The standard InChI is InChI=1S/C34H31F3N2O6/c35-34(36,37)45-28-17-13-23(14-18-28)19-31(41)39(22-29(25-7-3-1-4-8-25)26-9-5-2-6-10-26)21-24-11-15-27(16-12-24)32(42)38-20-30(40)33(43)44/h1-18,29-30,40H,19-22H2,(H,38,42)(H,43,44)/t30-/m1/s1. The second-order valence-electron chi connectivity index (χ2n) is 10.3. The molecule has 45 heavy (non-hydrogen) atoms. The van der Waals surface area contributed by atoms with Gasteiger partial charge in [0.2, 0.25) is 5.91 Å². The van der Waals surface area contributed by atoms with E-state index < -0.39 is 30.9 Å². The lowest BCUT2D eigenvalue weighted by Crippen LogP contribution is -2.36. The molecule has 0 aromatic heterocycles. The number of nitrogens with zero attached hydrogens (tertiary/aromatic N) is 1. The number of benzene rings is 4. The predicted molar refractivity (Wildman–Crippen MR) is 159 cm³/mol. The van der Waals surface area contributed by atoms with Crippen LogP contribution in [-0.2, 0) is 22.6 Å². The Morgan fingerprint density at radius 2 is 1.31 bits per heavy atom. The minimum atomic E-state index is -4.83. The fourth-order valence-electron chi connectivity index (χ4n) is 4.70. The molecule has 0 unspecified atom stereocenters. The zero-order valence-corrected chi connectivity index (χ0v) is 24.0. The molecular weight excluding hydrogens is 589 g/mol. The zero-order chi connectivity index (χ0) is 32.4. The molecule has 3 N–H and O–H groups in total. The number of aliphatic carboxylic acids is 1. The van der Waals surface area contributed by atoms with Gasteiger partial charge in [0, 0.05) is 24.6 Å². The molecule has 0 saturated carbocycles. The molecule has 4 aromatic rings. The lowest BCUT2D eigenvalue weighted by Gasteiger charge is -2.29. The molecule has 0 aliphatic heterocycles. The molecule has 0 fully saturated rings. The quantitative estimate of drug-likeness (QED) is 0.190. The second-order valence-corrected chi connectivity index (χ2v) is 10.3. The van der Waals surface area contributed by atoms with E-state index in [-0.39, 0.29) is 42.6 Å². The number of alkyl halides is 3. The van der Waals surface area contributed by atoms with Gasteiger partial charge in [-0.3, -0.25) is 9.59 Å². The highest BCUT2D eigenvalue weighted by Gasteiger charge is 2.31. The summed E-state index contributed by atoms with van der Waals surface area (Å²) in [4.78, 5) is 38.7. The van der Waals surface area contributed by atoms with E-state index in [1.807, 2.05) is 60.7 Å². The SMILES string of the molecule is O=C(NC[C@@H](O)C(=O)O)c1ccc(CN(CC(c2ccccc2)c2ccccc2)C(=O)Cc2ccc(OC(F)(F)F)cc2)cc1. The molecule has 8 nitrogen and oxygen atoms in total. The smallest absolute Gasteiger partial charge is 0.479 e. The third-order valence-electron chi connectivity index (χ3n) is 7.00. The van der Waals surface area contributed by atoms with Gasteiger partial charge in [-0.2, -0.15) is 0 Å². The molecule has 0 aliphatic rings. The first-order valence-corrected chi connectivity index (χ1v) is 14.0. The maximum Gasteiger partial charge on any atom is 0.573 e. The number of ether oxygens (including phenoxy) is 1. The van der Waals surface area contributed by atoms with Crippen LogP contribution in [0.15, 0.2) is 109 Å². The molecule has 234 valence electrons. The summed E-state index contributed by atoms with van der Waals surface area (Å²) >= 11 is 0. The van der Waals surface area contributed by atoms with Crippen molar-refractivity contribution in [3.05, 3.63) is 137 Å². The molecule has 0 bridgehead atoms. The van der Waals surface area contributed by atoms with E-state index in [9.17, 15) is 32.7 Å². The van der Waals surface area contributed by atoms with E-state index in [2.05, 4.69) is 10.1 Å². The highest BCUT2D eigenvalue weighted by atomic mass is 19.4. The average Bonchev–Trinajstić information content (AvgIpc) is 3.03. The van der Waals surface area contributed by atoms with Crippen molar-refractivity contribution in [1.82, 2.24) is 10.2 Å². The monoisotopic (exact) mass is 620 g/mol. The highest BCUT2D eigenvalue weighted by Crippen LogP contribution is 2.27. The number of halogens is 3. The summed E-state index contributed by atoms with van der Waals surface area (Å²) in [5, 5.41) is 20.6. The summed E-state index contributed by atoms with van der Waals surface area (Å²) in [5.74, 6) is -2.86. The fraction of sp³-hybridized carbons (Fsp3) is 0.206. The van der Waals surface area contributed by atoms with Gasteiger partial charge in [0.05, 0.1) is 13.0 Å². The topological polar surface area (TPSA) is 116 Å². The van der Waals surface area contributed by atoms with Gasteiger partial charge in [-0.1, -0.05) is 84.9 Å². The summed E-state index contributed by atoms with van der Waals surface area (Å²) in [5.41, 5.74) is 3.43. The first-order chi connectivity index (χ1) is 21.5. The van der Waals surface area contributed by atoms with Gasteiger partial charge >= 0.3 is 12.3 Å². The van der Waals surface area contributed by atoms with Crippen molar-refractivity contribution >= 4 is 17.8 Å². The zero-order valence-electron chi connectivity index (χ0n) is 24.0. The fourth-order valence-corrected chi connectivity index (χ4v) is 4.70. The molecule has 11 heteroatoms. The predicted octanol–water partition coefficient (Wildman–Crippen LogP) is 5.16. The van der Waals surface area contributed by atoms with Crippen LogP contribution < -0.4 is 10.1 Å². The van der Waals surface area contributed by atoms with E-state index in [4.69, 9.17) is 5.11 Å². The highest BCUT2D eigenvalue weighted by molar-refractivity contribution is 5.94. The minimum Gasteiger partial charge on any atom is -0.479 e. The van der Waals surface area contributed by atoms with Crippen LogP contribution in [0.1, 0.15) is 38.5 Å². The summed E-state index contributed by atoms with van der Waals surface area (Å²) in [6, 6.07) is 31.0. The van der Waals surface area contributed by atoms with Gasteiger partial charge in [-0.05, 0) is 46.5 Å². The van der Waals surface area contributed by atoms with Gasteiger partial charge in [-0.25, -0.2) is 4.79 Å².